The average Bonchev–Trinajstić information content (AvgIpc) is 2.43. The fourth-order valence-corrected chi connectivity index (χ4v) is 2.51. The van der Waals surface area contributed by atoms with Crippen molar-refractivity contribution in [1.82, 2.24) is 9.88 Å². The maximum absolute atomic E-state index is 6.35. The lowest BCUT2D eigenvalue weighted by molar-refractivity contribution is 0.412. The minimum Gasteiger partial charge on any atom is -0.369 e. The van der Waals surface area contributed by atoms with Gasteiger partial charge in [0.15, 0.2) is 0 Å². The van der Waals surface area contributed by atoms with Crippen LogP contribution in [0.4, 0.5) is 11.6 Å². The third-order valence-electron chi connectivity index (χ3n) is 3.06. The van der Waals surface area contributed by atoms with E-state index in [9.17, 15) is 0 Å². The van der Waals surface area contributed by atoms with Crippen molar-refractivity contribution < 1.29 is 0 Å². The molecule has 0 spiro atoms. The predicted octanol–water partition coefficient (Wildman–Crippen LogP) is 3.99. The van der Waals surface area contributed by atoms with Crippen LogP contribution >= 0.6 is 23.2 Å². The Morgan fingerprint density at radius 1 is 1.05 bits per heavy atom. The Morgan fingerprint density at radius 3 is 2.33 bits per heavy atom. The van der Waals surface area contributed by atoms with E-state index >= 15 is 0 Å². The van der Waals surface area contributed by atoms with Crippen molar-refractivity contribution >= 4 is 34.8 Å². The van der Waals surface area contributed by atoms with E-state index < -0.39 is 0 Å². The minimum absolute atomic E-state index is 0.571. The lowest BCUT2D eigenvalue weighted by Gasteiger charge is -2.26. The van der Waals surface area contributed by atoms with Crippen molar-refractivity contribution in [1.29, 1.82) is 0 Å². The summed E-state index contributed by atoms with van der Waals surface area (Å²) >= 11 is 12.6. The third kappa shape index (κ3) is 5.89. The van der Waals surface area contributed by atoms with Crippen molar-refractivity contribution in [2.45, 2.75) is 26.7 Å². The highest BCUT2D eigenvalue weighted by Gasteiger charge is 2.15. The van der Waals surface area contributed by atoms with Crippen LogP contribution in [0.5, 0.6) is 0 Å². The number of nitrogens with zero attached hydrogens (tertiary/aromatic N) is 3. The van der Waals surface area contributed by atoms with Crippen LogP contribution < -0.4 is 10.2 Å². The molecule has 21 heavy (non-hydrogen) atoms. The first-order valence-corrected chi connectivity index (χ1v) is 8.24. The number of hydrogen-bond donors (Lipinski definition) is 1. The Hall–Kier alpha value is -0.710. The van der Waals surface area contributed by atoms with Gasteiger partial charge in [-0.1, -0.05) is 37.0 Å². The Kier molecular flexibility index (Phi) is 8.15. The second kappa shape index (κ2) is 9.34. The van der Waals surface area contributed by atoms with Gasteiger partial charge in [-0.25, -0.2) is 4.98 Å². The molecule has 0 radical (unpaired) electrons. The first-order chi connectivity index (χ1) is 9.99. The van der Waals surface area contributed by atoms with Crippen LogP contribution in [0.3, 0.4) is 0 Å². The molecule has 0 amide bonds. The quantitative estimate of drug-likeness (QED) is 0.740. The highest BCUT2D eigenvalue weighted by atomic mass is 35.5. The minimum atomic E-state index is 0.571. The van der Waals surface area contributed by atoms with Gasteiger partial charge in [0.1, 0.15) is 11.6 Å². The molecule has 1 rings (SSSR count). The molecule has 120 valence electrons. The van der Waals surface area contributed by atoms with Crippen molar-refractivity contribution in [3.05, 3.63) is 16.1 Å². The Morgan fingerprint density at radius 2 is 1.76 bits per heavy atom. The standard InChI is InChI=1S/C15H26Cl2N4/c1-5-7-18-14-12(16)11-13(17)15(19-14)21(8-6-2)10-9-20(3)4/h11H,5-10H2,1-4H3,(H,18,19). The highest BCUT2D eigenvalue weighted by Crippen LogP contribution is 2.31. The van der Waals surface area contributed by atoms with Crippen LogP contribution in [0, 0.1) is 0 Å². The van der Waals surface area contributed by atoms with Crippen LogP contribution in [-0.2, 0) is 0 Å². The summed E-state index contributed by atoms with van der Waals surface area (Å²) in [5.74, 6) is 1.52. The molecule has 0 aliphatic rings. The second-order valence-electron chi connectivity index (χ2n) is 5.34. The van der Waals surface area contributed by atoms with Gasteiger partial charge in [0.2, 0.25) is 0 Å². The van der Waals surface area contributed by atoms with Crippen LogP contribution in [0.25, 0.3) is 0 Å². The molecule has 1 aromatic rings. The Bertz CT molecular complexity index is 438. The van der Waals surface area contributed by atoms with E-state index in [0.717, 1.165) is 44.8 Å². The van der Waals surface area contributed by atoms with E-state index in [1.54, 1.807) is 6.07 Å². The summed E-state index contributed by atoms with van der Waals surface area (Å²) < 4.78 is 0. The lowest BCUT2D eigenvalue weighted by atomic mass is 10.3. The first-order valence-electron chi connectivity index (χ1n) is 7.49. The van der Waals surface area contributed by atoms with Crippen molar-refractivity contribution in [3.8, 4) is 0 Å². The van der Waals surface area contributed by atoms with Crippen LogP contribution in [0.1, 0.15) is 26.7 Å². The molecule has 1 N–H and O–H groups in total. The van der Waals surface area contributed by atoms with Gasteiger partial charge < -0.3 is 15.1 Å². The molecule has 4 nitrogen and oxygen atoms in total. The summed E-state index contributed by atoms with van der Waals surface area (Å²) in [5.41, 5.74) is 0. The molecule has 1 aromatic heterocycles. The number of rotatable bonds is 9. The van der Waals surface area contributed by atoms with Crippen LogP contribution in [0.2, 0.25) is 10.0 Å². The van der Waals surface area contributed by atoms with E-state index in [-0.39, 0.29) is 0 Å². The molecule has 0 bridgehead atoms. The van der Waals surface area contributed by atoms with E-state index in [1.165, 1.54) is 0 Å². The summed E-state index contributed by atoms with van der Waals surface area (Å²) in [6.45, 7) is 7.89. The third-order valence-corrected chi connectivity index (χ3v) is 3.63. The largest absolute Gasteiger partial charge is 0.369 e. The molecule has 1 heterocycles. The highest BCUT2D eigenvalue weighted by molar-refractivity contribution is 6.37. The van der Waals surface area contributed by atoms with Crippen molar-refractivity contribution in [2.75, 3.05) is 50.5 Å². The summed E-state index contributed by atoms with van der Waals surface area (Å²) in [4.78, 5) is 9.01. The number of likely N-dealkylation sites (N-methyl/N-ethyl adjacent to an activating group) is 1. The normalized spacial score (nSPS) is 11.0. The number of anilines is 2. The lowest BCUT2D eigenvalue weighted by Crippen LogP contribution is -2.33. The maximum Gasteiger partial charge on any atom is 0.149 e. The molecule has 0 aromatic carbocycles. The van der Waals surface area contributed by atoms with Crippen LogP contribution in [-0.4, -0.2) is 50.2 Å². The number of pyridine rings is 1. The van der Waals surface area contributed by atoms with E-state index in [0.29, 0.717) is 15.9 Å². The summed E-state index contributed by atoms with van der Waals surface area (Å²) in [7, 11) is 4.13. The molecular formula is C15H26Cl2N4. The van der Waals surface area contributed by atoms with E-state index in [4.69, 9.17) is 23.2 Å². The molecule has 0 aliphatic heterocycles. The van der Waals surface area contributed by atoms with Crippen molar-refractivity contribution in [2.24, 2.45) is 0 Å². The molecule has 0 unspecified atom stereocenters. The number of halogens is 2. The number of aromatic nitrogens is 1. The molecular weight excluding hydrogens is 307 g/mol. The monoisotopic (exact) mass is 332 g/mol. The average molecular weight is 333 g/mol. The zero-order valence-electron chi connectivity index (χ0n) is 13.4. The zero-order valence-corrected chi connectivity index (χ0v) is 14.9. The number of nitrogens with one attached hydrogen (secondary N) is 1. The molecule has 0 saturated carbocycles. The van der Waals surface area contributed by atoms with Crippen molar-refractivity contribution in [3.63, 3.8) is 0 Å². The first kappa shape index (κ1) is 18.3. The fraction of sp³-hybridized carbons (Fsp3) is 0.667. The van der Waals surface area contributed by atoms with Gasteiger partial charge in [0, 0.05) is 26.2 Å². The van der Waals surface area contributed by atoms with Gasteiger partial charge >= 0.3 is 0 Å². The molecule has 0 atom stereocenters. The topological polar surface area (TPSA) is 31.4 Å². The van der Waals surface area contributed by atoms with E-state index in [2.05, 4.69) is 48.0 Å². The summed E-state index contributed by atoms with van der Waals surface area (Å²) in [5, 5.41) is 4.43. The Balaban J connectivity index is 2.99. The van der Waals surface area contributed by atoms with Gasteiger partial charge in [-0.3, -0.25) is 0 Å². The Labute approximate surface area is 138 Å². The fourth-order valence-electron chi connectivity index (χ4n) is 1.96. The smallest absolute Gasteiger partial charge is 0.149 e. The molecule has 6 heteroatoms. The van der Waals surface area contributed by atoms with Gasteiger partial charge in [0.25, 0.3) is 0 Å². The predicted molar refractivity (Wildman–Crippen MR) is 94.1 cm³/mol. The van der Waals surface area contributed by atoms with Crippen LogP contribution in [0.15, 0.2) is 6.07 Å². The SMILES string of the molecule is CCCNc1nc(N(CCC)CCN(C)C)c(Cl)cc1Cl. The summed E-state index contributed by atoms with van der Waals surface area (Å²) in [6.07, 6.45) is 2.07. The van der Waals surface area contributed by atoms with Gasteiger partial charge in [-0.2, -0.15) is 0 Å². The van der Waals surface area contributed by atoms with Gasteiger partial charge in [-0.15, -0.1) is 0 Å². The van der Waals surface area contributed by atoms with Gasteiger partial charge in [-0.05, 0) is 33.0 Å². The molecule has 0 saturated heterocycles. The summed E-state index contributed by atoms with van der Waals surface area (Å²) in [6, 6.07) is 1.78. The molecule has 0 fully saturated rings. The van der Waals surface area contributed by atoms with E-state index in [1.807, 2.05) is 0 Å². The zero-order chi connectivity index (χ0) is 15.8. The van der Waals surface area contributed by atoms with Gasteiger partial charge in [0.05, 0.1) is 10.0 Å². The number of hydrogen-bond acceptors (Lipinski definition) is 4. The second-order valence-corrected chi connectivity index (χ2v) is 6.16. The molecule has 0 aliphatic carbocycles. The maximum atomic E-state index is 6.35.